The molecule has 0 bridgehead atoms. The number of carbonyl (C=O) groups excluding carboxylic acids is 1. The summed E-state index contributed by atoms with van der Waals surface area (Å²) in [6, 6.07) is 19.4. The summed E-state index contributed by atoms with van der Waals surface area (Å²) in [5.74, 6) is 0.237. The summed E-state index contributed by atoms with van der Waals surface area (Å²) in [5.41, 5.74) is 3.34. The highest BCUT2D eigenvalue weighted by atomic mass is 19.1. The van der Waals surface area contributed by atoms with Crippen LogP contribution < -0.4 is 9.64 Å². The Morgan fingerprint density at radius 3 is 2.40 bits per heavy atom. The fourth-order valence-electron chi connectivity index (χ4n) is 4.69. The number of hydrogen-bond donors (Lipinski definition) is 0. The minimum Gasteiger partial charge on any atom is -0.463 e. The number of rotatable bonds is 2. The van der Waals surface area contributed by atoms with E-state index in [4.69, 9.17) is 4.74 Å². The van der Waals surface area contributed by atoms with Crippen molar-refractivity contribution in [3.05, 3.63) is 101 Å². The predicted molar refractivity (Wildman–Crippen MR) is 117 cm³/mol. The van der Waals surface area contributed by atoms with Gasteiger partial charge in [-0.15, -0.1) is 0 Å². The normalized spacial score (nSPS) is 20.6. The molecule has 3 nitrogen and oxygen atoms in total. The summed E-state index contributed by atoms with van der Waals surface area (Å²) in [5, 5.41) is 0. The maximum Gasteiger partial charge on any atom is 0.211 e. The molecule has 2 aliphatic rings. The molecule has 1 spiro atoms. The molecule has 0 aliphatic carbocycles. The van der Waals surface area contributed by atoms with Crippen LogP contribution >= 0.6 is 0 Å². The van der Waals surface area contributed by atoms with E-state index in [2.05, 4.69) is 50.1 Å². The molecule has 0 aromatic heterocycles. The van der Waals surface area contributed by atoms with Crippen molar-refractivity contribution in [1.29, 1.82) is 0 Å². The summed E-state index contributed by atoms with van der Waals surface area (Å²) in [7, 11) is 2.05. The lowest BCUT2D eigenvalue weighted by Crippen LogP contribution is -2.58. The van der Waals surface area contributed by atoms with Gasteiger partial charge in [0.15, 0.2) is 5.78 Å². The molecule has 0 saturated heterocycles. The number of carbonyl (C=O) groups is 1. The molecular formula is C26H22FNO2. The van der Waals surface area contributed by atoms with Gasteiger partial charge in [0, 0.05) is 29.4 Å². The molecular weight excluding hydrogens is 377 g/mol. The number of hydrogen-bond acceptors (Lipinski definition) is 3. The summed E-state index contributed by atoms with van der Waals surface area (Å²) in [4.78, 5) is 15.0. The Labute approximate surface area is 175 Å². The number of para-hydroxylation sites is 1. The van der Waals surface area contributed by atoms with Crippen molar-refractivity contribution in [3.63, 3.8) is 0 Å². The Hall–Kier alpha value is -3.40. The van der Waals surface area contributed by atoms with Crippen LogP contribution in [-0.2, 0) is 5.41 Å². The third kappa shape index (κ3) is 2.46. The van der Waals surface area contributed by atoms with Crippen molar-refractivity contribution in [2.24, 2.45) is 0 Å². The summed E-state index contributed by atoms with van der Waals surface area (Å²) in [6.45, 7) is 4.38. The molecule has 0 fully saturated rings. The van der Waals surface area contributed by atoms with E-state index in [1.54, 1.807) is 6.07 Å². The van der Waals surface area contributed by atoms with Crippen LogP contribution in [0.25, 0.3) is 6.08 Å². The molecule has 5 rings (SSSR count). The smallest absolute Gasteiger partial charge is 0.211 e. The maximum atomic E-state index is 13.2. The lowest BCUT2D eigenvalue weighted by molar-refractivity contribution is 0.0581. The van der Waals surface area contributed by atoms with Gasteiger partial charge in [-0.1, -0.05) is 18.2 Å². The monoisotopic (exact) mass is 399 g/mol. The third-order valence-corrected chi connectivity index (χ3v) is 6.47. The highest BCUT2D eigenvalue weighted by molar-refractivity contribution is 6.09. The first-order valence-electron chi connectivity index (χ1n) is 9.99. The second-order valence-electron chi connectivity index (χ2n) is 8.42. The van der Waals surface area contributed by atoms with Gasteiger partial charge in [0.1, 0.15) is 11.6 Å². The van der Waals surface area contributed by atoms with E-state index in [0.717, 1.165) is 17.0 Å². The highest BCUT2D eigenvalue weighted by Gasteiger charge is 2.57. The fraction of sp³-hybridized carbons (Fsp3) is 0.192. The van der Waals surface area contributed by atoms with E-state index >= 15 is 0 Å². The molecule has 0 N–H and O–H groups in total. The van der Waals surface area contributed by atoms with Crippen LogP contribution in [0.4, 0.5) is 10.1 Å². The molecule has 1 unspecified atom stereocenters. The Morgan fingerprint density at radius 2 is 1.67 bits per heavy atom. The van der Waals surface area contributed by atoms with Gasteiger partial charge in [0.05, 0.1) is 5.41 Å². The minimum atomic E-state index is -0.647. The molecule has 150 valence electrons. The highest BCUT2D eigenvalue weighted by Crippen LogP contribution is 2.54. The number of ketones is 1. The van der Waals surface area contributed by atoms with Crippen molar-refractivity contribution < 1.29 is 13.9 Å². The van der Waals surface area contributed by atoms with Gasteiger partial charge >= 0.3 is 0 Å². The van der Waals surface area contributed by atoms with Gasteiger partial charge < -0.3 is 9.64 Å². The van der Waals surface area contributed by atoms with Gasteiger partial charge in [0.2, 0.25) is 5.72 Å². The van der Waals surface area contributed by atoms with Crippen LogP contribution in [0.15, 0.2) is 72.8 Å². The van der Waals surface area contributed by atoms with E-state index in [-0.39, 0.29) is 17.0 Å². The first-order valence-corrected chi connectivity index (χ1v) is 9.99. The van der Waals surface area contributed by atoms with E-state index < -0.39 is 5.72 Å². The zero-order chi connectivity index (χ0) is 21.1. The number of ether oxygens (including phenoxy) is 1. The lowest BCUT2D eigenvalue weighted by Gasteiger charge is -2.45. The maximum absolute atomic E-state index is 13.2. The number of fused-ring (bicyclic) bond motifs is 2. The summed E-state index contributed by atoms with van der Waals surface area (Å²) < 4.78 is 19.8. The average molecular weight is 399 g/mol. The number of benzene rings is 3. The number of halogens is 1. The quantitative estimate of drug-likeness (QED) is 0.527. The fourth-order valence-corrected chi connectivity index (χ4v) is 4.69. The molecule has 30 heavy (non-hydrogen) atoms. The molecule has 0 saturated carbocycles. The second-order valence-corrected chi connectivity index (χ2v) is 8.42. The third-order valence-electron chi connectivity index (χ3n) is 6.47. The molecule has 3 aromatic carbocycles. The molecule has 2 heterocycles. The molecule has 2 aliphatic heterocycles. The molecule has 1 atom stereocenters. The minimum absolute atomic E-state index is 0.141. The largest absolute Gasteiger partial charge is 0.463 e. The number of nitrogens with zero attached hydrogens (tertiary/aromatic N) is 1. The van der Waals surface area contributed by atoms with Crippen LogP contribution in [0.5, 0.6) is 5.75 Å². The van der Waals surface area contributed by atoms with Gasteiger partial charge in [-0.2, -0.15) is 0 Å². The van der Waals surface area contributed by atoms with E-state index in [1.165, 1.54) is 29.8 Å². The average Bonchev–Trinajstić information content (AvgIpc) is 2.92. The zero-order valence-electron chi connectivity index (χ0n) is 17.1. The zero-order valence-corrected chi connectivity index (χ0v) is 17.1. The van der Waals surface area contributed by atoms with Gasteiger partial charge in [-0.25, -0.2) is 4.39 Å². The first-order chi connectivity index (χ1) is 14.3. The summed E-state index contributed by atoms with van der Waals surface area (Å²) >= 11 is 0. The van der Waals surface area contributed by atoms with Gasteiger partial charge in [-0.05, 0) is 80.1 Å². The van der Waals surface area contributed by atoms with Crippen molar-refractivity contribution in [2.45, 2.75) is 25.0 Å². The number of anilines is 1. The van der Waals surface area contributed by atoms with Gasteiger partial charge in [0.25, 0.3) is 0 Å². The van der Waals surface area contributed by atoms with E-state index in [1.807, 2.05) is 24.3 Å². The van der Waals surface area contributed by atoms with Gasteiger partial charge in [-0.3, -0.25) is 4.79 Å². The Balaban J connectivity index is 1.52. The van der Waals surface area contributed by atoms with Crippen LogP contribution in [0.1, 0.15) is 40.9 Å². The molecule has 3 aromatic rings. The van der Waals surface area contributed by atoms with Crippen LogP contribution in [0.3, 0.4) is 0 Å². The van der Waals surface area contributed by atoms with E-state index in [0.29, 0.717) is 11.1 Å². The lowest BCUT2D eigenvalue weighted by atomic mass is 9.76. The molecule has 4 heteroatoms. The molecule has 0 amide bonds. The Kier molecular flexibility index (Phi) is 3.91. The summed E-state index contributed by atoms with van der Waals surface area (Å²) in [6.07, 6.45) is 4.12. The first kappa shape index (κ1) is 18.6. The standard InChI is InChI=1S/C26H22FNO2/c1-25(2)21-6-4-5-7-22(21)28(3)26(25)15-14-18-16-19(10-13-23(18)30-26)24(29)17-8-11-20(27)12-9-17/h4-16H,1-3H3. The second kappa shape index (κ2) is 6.30. The van der Waals surface area contributed by atoms with Crippen molar-refractivity contribution >= 4 is 17.5 Å². The van der Waals surface area contributed by atoms with Crippen molar-refractivity contribution in [1.82, 2.24) is 0 Å². The Morgan fingerprint density at radius 1 is 0.967 bits per heavy atom. The van der Waals surface area contributed by atoms with Crippen LogP contribution in [0, 0.1) is 5.82 Å². The predicted octanol–water partition coefficient (Wildman–Crippen LogP) is 5.59. The van der Waals surface area contributed by atoms with Crippen LogP contribution in [-0.4, -0.2) is 18.6 Å². The number of likely N-dealkylation sites (N-methyl/N-ethyl adjacent to an activating group) is 1. The van der Waals surface area contributed by atoms with Crippen LogP contribution in [0.2, 0.25) is 0 Å². The SMILES string of the molecule is CN1c2ccccc2C(C)(C)C12C=Cc1cc(C(=O)c3ccc(F)cc3)ccc1O2. The van der Waals surface area contributed by atoms with E-state index in [9.17, 15) is 9.18 Å². The molecule has 0 radical (unpaired) electrons. The topological polar surface area (TPSA) is 29.5 Å². The Bertz CT molecular complexity index is 1200. The van der Waals surface area contributed by atoms with Crippen molar-refractivity contribution in [3.8, 4) is 5.75 Å². The van der Waals surface area contributed by atoms with Crippen molar-refractivity contribution in [2.75, 3.05) is 11.9 Å².